The van der Waals surface area contributed by atoms with E-state index in [4.69, 9.17) is 4.74 Å². The Bertz CT molecular complexity index is 1030. The van der Waals surface area contributed by atoms with Gasteiger partial charge in [0.1, 0.15) is 5.75 Å². The number of aryl methyl sites for hydroxylation is 2. The average Bonchev–Trinajstić information content (AvgIpc) is 3.07. The number of benzene rings is 1. The number of hydrogen-bond donors (Lipinski definition) is 2. The van der Waals surface area contributed by atoms with Gasteiger partial charge in [0.2, 0.25) is 11.8 Å². The summed E-state index contributed by atoms with van der Waals surface area (Å²) in [7, 11) is 1.70. The van der Waals surface area contributed by atoms with E-state index in [-0.39, 0.29) is 36.8 Å². The smallest absolute Gasteiger partial charge is 0.264 e. The van der Waals surface area contributed by atoms with Gasteiger partial charge in [0.05, 0.1) is 23.8 Å². The van der Waals surface area contributed by atoms with Crippen LogP contribution >= 0.6 is 11.3 Å². The second kappa shape index (κ2) is 9.25. The lowest BCUT2D eigenvalue weighted by Gasteiger charge is -2.31. The number of aromatic nitrogens is 1. The number of likely N-dealkylation sites (N-methyl/N-ethyl adjacent to an activating group) is 1. The summed E-state index contributed by atoms with van der Waals surface area (Å²) in [5.74, 6) is 0.0501. The van der Waals surface area contributed by atoms with Gasteiger partial charge < -0.3 is 20.3 Å². The molecule has 1 atom stereocenters. The first-order valence-corrected chi connectivity index (χ1v) is 11.4. The molecule has 0 aliphatic carbocycles. The molecule has 3 amide bonds. The number of anilines is 3. The van der Waals surface area contributed by atoms with Crippen molar-refractivity contribution < 1.29 is 19.1 Å². The van der Waals surface area contributed by atoms with Crippen LogP contribution in [0.3, 0.4) is 0 Å². The van der Waals surface area contributed by atoms with Gasteiger partial charge in [-0.2, -0.15) is 0 Å². The third kappa shape index (κ3) is 4.91. The Morgan fingerprint density at radius 2 is 2.09 bits per heavy atom. The van der Waals surface area contributed by atoms with Crippen LogP contribution in [-0.4, -0.2) is 60.9 Å². The number of piperidine rings is 1. The van der Waals surface area contributed by atoms with E-state index in [9.17, 15) is 14.4 Å². The summed E-state index contributed by atoms with van der Waals surface area (Å²) in [6, 6.07) is 5.27. The minimum absolute atomic E-state index is 0.0132. The topological polar surface area (TPSA) is 104 Å². The van der Waals surface area contributed by atoms with Crippen LogP contribution < -0.4 is 20.3 Å². The lowest BCUT2D eigenvalue weighted by molar-refractivity contribution is -0.123. The highest BCUT2D eigenvalue weighted by molar-refractivity contribution is 7.15. The highest BCUT2D eigenvalue weighted by atomic mass is 32.1. The Labute approximate surface area is 190 Å². The Kier molecular flexibility index (Phi) is 6.43. The van der Waals surface area contributed by atoms with E-state index in [1.165, 1.54) is 11.3 Å². The largest absolute Gasteiger partial charge is 0.481 e. The number of likely N-dealkylation sites (tertiary alicyclic amines) is 1. The molecule has 4 rings (SSSR count). The van der Waals surface area contributed by atoms with Crippen molar-refractivity contribution in [2.24, 2.45) is 5.92 Å². The number of carbonyl (C=O) groups excluding carboxylic acids is 3. The van der Waals surface area contributed by atoms with Crippen molar-refractivity contribution in [3.05, 3.63) is 28.8 Å². The summed E-state index contributed by atoms with van der Waals surface area (Å²) >= 11 is 1.46. The van der Waals surface area contributed by atoms with E-state index in [2.05, 4.69) is 15.6 Å². The Balaban J connectivity index is 1.32. The molecule has 32 heavy (non-hydrogen) atoms. The van der Waals surface area contributed by atoms with Crippen LogP contribution in [0.5, 0.6) is 5.75 Å². The van der Waals surface area contributed by atoms with Crippen molar-refractivity contribution in [1.82, 2.24) is 9.88 Å². The van der Waals surface area contributed by atoms with Gasteiger partial charge in [-0.3, -0.25) is 19.3 Å². The van der Waals surface area contributed by atoms with Gasteiger partial charge in [0, 0.05) is 30.2 Å². The maximum atomic E-state index is 12.9. The van der Waals surface area contributed by atoms with Gasteiger partial charge in [-0.25, -0.2) is 4.98 Å². The zero-order valence-electron chi connectivity index (χ0n) is 18.4. The summed E-state index contributed by atoms with van der Waals surface area (Å²) < 4.78 is 5.49. The monoisotopic (exact) mass is 457 g/mol. The molecule has 1 aromatic heterocycles. The third-order valence-corrected chi connectivity index (χ3v) is 6.82. The van der Waals surface area contributed by atoms with E-state index in [1.54, 1.807) is 30.1 Å². The average molecular weight is 458 g/mol. The normalized spacial score (nSPS) is 18.7. The fraction of sp³-hybridized carbons (Fsp3) is 0.455. The van der Waals surface area contributed by atoms with Crippen LogP contribution in [0.15, 0.2) is 18.2 Å². The molecule has 10 heteroatoms. The standard InChI is InChI=1S/C22H27N5O4S/c1-13-14(2)32-22(23-13)25-19(28)11-27-8-4-5-15(10-27)21(30)24-16-6-7-17-18(9-16)31-12-20(29)26(17)3/h6-7,9,15H,4-5,8,10-12H2,1-3H3,(H,24,30)(H,23,25,28). The molecule has 1 saturated heterocycles. The van der Waals surface area contributed by atoms with Gasteiger partial charge >= 0.3 is 0 Å². The van der Waals surface area contributed by atoms with E-state index < -0.39 is 0 Å². The molecule has 9 nitrogen and oxygen atoms in total. The first kappa shape index (κ1) is 22.2. The van der Waals surface area contributed by atoms with Crippen LogP contribution in [0.1, 0.15) is 23.4 Å². The van der Waals surface area contributed by atoms with E-state index in [1.807, 2.05) is 18.7 Å². The molecule has 170 valence electrons. The quantitative estimate of drug-likeness (QED) is 0.715. The second-order valence-corrected chi connectivity index (χ2v) is 9.40. The van der Waals surface area contributed by atoms with Crippen molar-refractivity contribution in [1.29, 1.82) is 0 Å². The predicted octanol–water partition coefficient (Wildman–Crippen LogP) is 2.40. The maximum absolute atomic E-state index is 12.9. The number of fused-ring (bicyclic) bond motifs is 1. The van der Waals surface area contributed by atoms with Crippen molar-refractivity contribution in [2.45, 2.75) is 26.7 Å². The van der Waals surface area contributed by atoms with Gasteiger partial charge in [-0.1, -0.05) is 0 Å². The molecule has 3 heterocycles. The third-order valence-electron chi connectivity index (χ3n) is 5.83. The Morgan fingerprint density at radius 1 is 1.28 bits per heavy atom. The predicted molar refractivity (Wildman–Crippen MR) is 123 cm³/mol. The molecule has 1 aromatic carbocycles. The molecular formula is C22H27N5O4S. The molecule has 0 saturated carbocycles. The van der Waals surface area contributed by atoms with Gasteiger partial charge in [-0.15, -0.1) is 11.3 Å². The van der Waals surface area contributed by atoms with Crippen LogP contribution in [0.25, 0.3) is 0 Å². The molecular weight excluding hydrogens is 430 g/mol. The zero-order chi connectivity index (χ0) is 22.8. The summed E-state index contributed by atoms with van der Waals surface area (Å²) in [5, 5.41) is 6.42. The maximum Gasteiger partial charge on any atom is 0.264 e. The van der Waals surface area contributed by atoms with Crippen molar-refractivity contribution >= 4 is 45.6 Å². The van der Waals surface area contributed by atoms with Gasteiger partial charge in [-0.05, 0) is 45.4 Å². The highest BCUT2D eigenvalue weighted by Crippen LogP contribution is 2.34. The first-order chi connectivity index (χ1) is 15.3. The number of hydrogen-bond acceptors (Lipinski definition) is 7. The molecule has 0 spiro atoms. The number of thiazole rings is 1. The Morgan fingerprint density at radius 3 is 2.84 bits per heavy atom. The summed E-state index contributed by atoms with van der Waals surface area (Å²) in [4.78, 5) is 46.0. The molecule has 1 fully saturated rings. The van der Waals surface area contributed by atoms with Crippen molar-refractivity contribution in [3.63, 3.8) is 0 Å². The minimum Gasteiger partial charge on any atom is -0.481 e. The number of amides is 3. The van der Waals surface area contributed by atoms with Gasteiger partial charge in [0.15, 0.2) is 11.7 Å². The molecule has 0 bridgehead atoms. The van der Waals surface area contributed by atoms with Crippen LogP contribution in [0.4, 0.5) is 16.5 Å². The zero-order valence-corrected chi connectivity index (χ0v) is 19.3. The first-order valence-electron chi connectivity index (χ1n) is 10.6. The van der Waals surface area contributed by atoms with E-state index >= 15 is 0 Å². The molecule has 0 radical (unpaired) electrons. The van der Waals surface area contributed by atoms with Gasteiger partial charge in [0.25, 0.3) is 5.91 Å². The summed E-state index contributed by atoms with van der Waals surface area (Å²) in [5.41, 5.74) is 2.23. The SMILES string of the molecule is Cc1nc(NC(=O)CN2CCCC(C(=O)Nc3ccc4c(c3)OCC(=O)N4C)C2)sc1C. The van der Waals surface area contributed by atoms with Crippen molar-refractivity contribution in [3.8, 4) is 5.75 Å². The molecule has 2 N–H and O–H groups in total. The molecule has 2 aliphatic rings. The van der Waals surface area contributed by atoms with Crippen LogP contribution in [0, 0.1) is 19.8 Å². The molecule has 2 aliphatic heterocycles. The van der Waals surface area contributed by atoms with Crippen LogP contribution in [-0.2, 0) is 14.4 Å². The summed E-state index contributed by atoms with van der Waals surface area (Å²) in [6.07, 6.45) is 1.62. The Hall–Kier alpha value is -2.98. The van der Waals surface area contributed by atoms with E-state index in [0.29, 0.717) is 28.8 Å². The number of ether oxygens (including phenoxy) is 1. The number of nitrogens with zero attached hydrogens (tertiary/aromatic N) is 3. The second-order valence-electron chi connectivity index (χ2n) is 8.20. The van der Waals surface area contributed by atoms with Crippen molar-refractivity contribution in [2.75, 3.05) is 48.8 Å². The summed E-state index contributed by atoms with van der Waals surface area (Å²) in [6.45, 7) is 5.41. The molecule has 1 unspecified atom stereocenters. The number of rotatable bonds is 5. The minimum atomic E-state index is -0.206. The number of nitrogens with one attached hydrogen (secondary N) is 2. The highest BCUT2D eigenvalue weighted by Gasteiger charge is 2.28. The fourth-order valence-corrected chi connectivity index (χ4v) is 4.73. The number of carbonyl (C=O) groups is 3. The lowest BCUT2D eigenvalue weighted by atomic mass is 9.97. The van der Waals surface area contributed by atoms with Crippen LogP contribution in [0.2, 0.25) is 0 Å². The van der Waals surface area contributed by atoms with E-state index in [0.717, 1.165) is 30.0 Å². The lowest BCUT2D eigenvalue weighted by Crippen LogP contribution is -2.44. The molecule has 2 aromatic rings. The fourth-order valence-electron chi connectivity index (χ4n) is 3.90.